The number of nitrogens with one attached hydrogen (secondary N) is 1. The summed E-state index contributed by atoms with van der Waals surface area (Å²) < 4.78 is 0. The smallest absolute Gasteiger partial charge is 0.117 e. The normalized spacial score (nSPS) is 10.4. The van der Waals surface area contributed by atoms with Crippen LogP contribution < -0.4 is 5.32 Å². The Hall–Kier alpha value is -2.51. The third-order valence-electron chi connectivity index (χ3n) is 3.30. The summed E-state index contributed by atoms with van der Waals surface area (Å²) in [5.74, 6) is 0.880. The minimum atomic E-state index is 0.606. The van der Waals surface area contributed by atoms with Crippen LogP contribution in [-0.4, -0.2) is 10.7 Å². The second kappa shape index (κ2) is 6.50. The first kappa shape index (κ1) is 14.4. The predicted molar refractivity (Wildman–Crippen MR) is 92.6 cm³/mol. The van der Waals surface area contributed by atoms with Crippen LogP contribution in [0.15, 0.2) is 59.6 Å². The Labute approximate surface area is 134 Å². The number of rotatable bonds is 4. The van der Waals surface area contributed by atoms with Gasteiger partial charge in [-0.15, -0.1) is 11.8 Å². The summed E-state index contributed by atoms with van der Waals surface area (Å²) in [5, 5.41) is 14.8. The van der Waals surface area contributed by atoms with E-state index in [1.165, 1.54) is 0 Å². The van der Waals surface area contributed by atoms with Crippen molar-refractivity contribution in [3.63, 3.8) is 0 Å². The Bertz CT molecular complexity index is 838. The summed E-state index contributed by atoms with van der Waals surface area (Å²) in [5.41, 5.74) is 3.29. The zero-order valence-electron chi connectivity index (χ0n) is 12.2. The molecule has 0 saturated carbocycles. The first-order valence-electron chi connectivity index (χ1n) is 7.11. The highest BCUT2D eigenvalue weighted by Gasteiger charge is 2.15. The van der Waals surface area contributed by atoms with Gasteiger partial charge in [-0.3, -0.25) is 0 Å². The Morgan fingerprint density at radius 3 is 2.55 bits per heavy atom. The first-order valence-corrected chi connectivity index (χ1v) is 8.09. The molecule has 0 radical (unpaired) electrons. The third-order valence-corrected chi connectivity index (χ3v) is 4.15. The maximum Gasteiger partial charge on any atom is 0.117 e. The van der Waals surface area contributed by atoms with Gasteiger partial charge in [0.1, 0.15) is 16.7 Å². The molecule has 3 nitrogen and oxygen atoms in total. The number of benzene rings is 2. The first-order chi connectivity index (χ1) is 10.8. The minimum Gasteiger partial charge on any atom is -0.354 e. The zero-order valence-corrected chi connectivity index (χ0v) is 13.0. The molecule has 0 bridgehead atoms. The van der Waals surface area contributed by atoms with Crippen LogP contribution in [0.2, 0.25) is 0 Å². The maximum absolute atomic E-state index is 9.62. The van der Waals surface area contributed by atoms with Crippen LogP contribution in [0.1, 0.15) is 12.5 Å². The van der Waals surface area contributed by atoms with Crippen molar-refractivity contribution in [2.75, 3.05) is 11.1 Å². The summed E-state index contributed by atoms with van der Waals surface area (Å²) in [6.07, 6.45) is 0. The van der Waals surface area contributed by atoms with E-state index in [1.807, 2.05) is 54.6 Å². The topological polar surface area (TPSA) is 48.7 Å². The van der Waals surface area contributed by atoms with Crippen molar-refractivity contribution in [1.82, 2.24) is 4.98 Å². The number of anilines is 2. The van der Waals surface area contributed by atoms with Crippen LogP contribution in [0.5, 0.6) is 0 Å². The molecule has 0 aliphatic rings. The highest BCUT2D eigenvalue weighted by molar-refractivity contribution is 7.99. The van der Waals surface area contributed by atoms with Crippen molar-refractivity contribution < 1.29 is 0 Å². The van der Waals surface area contributed by atoms with Gasteiger partial charge in [-0.25, -0.2) is 4.98 Å². The molecule has 0 unspecified atom stereocenters. The van der Waals surface area contributed by atoms with Gasteiger partial charge < -0.3 is 5.32 Å². The Morgan fingerprint density at radius 1 is 1.09 bits per heavy atom. The molecule has 3 aromatic rings. The lowest BCUT2D eigenvalue weighted by Crippen LogP contribution is -1.99. The van der Waals surface area contributed by atoms with Crippen molar-refractivity contribution in [3.05, 3.63) is 60.2 Å². The fourth-order valence-electron chi connectivity index (χ4n) is 2.33. The zero-order chi connectivity index (χ0) is 15.4. The fraction of sp³-hybridized carbons (Fsp3) is 0.111. The SMILES string of the molecule is CCSc1nc2ccccc2c(Nc2ccccc2)c1C#N. The molecule has 0 aliphatic heterocycles. The van der Waals surface area contributed by atoms with E-state index in [0.717, 1.165) is 33.1 Å². The van der Waals surface area contributed by atoms with Crippen molar-refractivity contribution in [2.45, 2.75) is 11.9 Å². The average Bonchev–Trinajstić information content (AvgIpc) is 2.56. The number of hydrogen-bond acceptors (Lipinski definition) is 4. The molecule has 1 aromatic heterocycles. The van der Waals surface area contributed by atoms with E-state index in [1.54, 1.807) is 11.8 Å². The van der Waals surface area contributed by atoms with Crippen molar-refractivity contribution in [3.8, 4) is 6.07 Å². The Balaban J connectivity index is 2.22. The molecule has 0 fully saturated rings. The van der Waals surface area contributed by atoms with Crippen molar-refractivity contribution >= 4 is 34.0 Å². The average molecular weight is 305 g/mol. The van der Waals surface area contributed by atoms with Gasteiger partial charge in [0.25, 0.3) is 0 Å². The number of fused-ring (bicyclic) bond motifs is 1. The number of hydrogen-bond donors (Lipinski definition) is 1. The maximum atomic E-state index is 9.62. The van der Waals surface area contributed by atoms with Crippen molar-refractivity contribution in [2.24, 2.45) is 0 Å². The van der Waals surface area contributed by atoms with E-state index < -0.39 is 0 Å². The molecule has 0 saturated heterocycles. The van der Waals surface area contributed by atoms with Gasteiger partial charge >= 0.3 is 0 Å². The molecular formula is C18H15N3S. The predicted octanol–water partition coefficient (Wildman–Crippen LogP) is 4.96. The molecule has 0 aliphatic carbocycles. The molecule has 0 atom stereocenters. The van der Waals surface area contributed by atoms with Crippen LogP contribution in [0, 0.1) is 11.3 Å². The number of aromatic nitrogens is 1. The molecular weight excluding hydrogens is 290 g/mol. The van der Waals surface area contributed by atoms with Gasteiger partial charge in [-0.1, -0.05) is 43.3 Å². The third kappa shape index (κ3) is 2.76. The molecule has 4 heteroatoms. The number of pyridine rings is 1. The fourth-order valence-corrected chi connectivity index (χ4v) is 3.06. The van der Waals surface area contributed by atoms with Crippen molar-refractivity contribution in [1.29, 1.82) is 5.26 Å². The molecule has 22 heavy (non-hydrogen) atoms. The summed E-state index contributed by atoms with van der Waals surface area (Å²) >= 11 is 1.59. The molecule has 0 amide bonds. The lowest BCUT2D eigenvalue weighted by atomic mass is 10.1. The molecule has 108 valence electrons. The van der Waals surface area contributed by atoms with Gasteiger partial charge in [0.15, 0.2) is 0 Å². The standard InChI is InChI=1S/C18H15N3S/c1-2-22-18-15(12-19)17(20-13-8-4-3-5-9-13)14-10-6-7-11-16(14)21-18/h3-11H,2H2,1H3,(H,20,21). The van der Waals surface area contributed by atoms with Gasteiger partial charge in [0.05, 0.1) is 11.2 Å². The summed E-state index contributed by atoms with van der Waals surface area (Å²) in [6, 6.07) is 20.1. The summed E-state index contributed by atoms with van der Waals surface area (Å²) in [7, 11) is 0. The van der Waals surface area contributed by atoms with Crippen LogP contribution in [-0.2, 0) is 0 Å². The molecule has 0 spiro atoms. The lowest BCUT2D eigenvalue weighted by Gasteiger charge is -2.14. The van der Waals surface area contributed by atoms with Gasteiger partial charge in [0.2, 0.25) is 0 Å². The lowest BCUT2D eigenvalue weighted by molar-refractivity contribution is 1.16. The Kier molecular flexibility index (Phi) is 4.27. The van der Waals surface area contributed by atoms with Gasteiger partial charge in [-0.05, 0) is 24.0 Å². The van der Waals surface area contributed by atoms with Crippen LogP contribution in [0.25, 0.3) is 10.9 Å². The van der Waals surface area contributed by atoms with E-state index in [-0.39, 0.29) is 0 Å². The van der Waals surface area contributed by atoms with Gasteiger partial charge in [0, 0.05) is 11.1 Å². The molecule has 2 aromatic carbocycles. The molecule has 1 N–H and O–H groups in total. The molecule has 1 heterocycles. The van der Waals surface area contributed by atoms with Crippen LogP contribution >= 0.6 is 11.8 Å². The number of nitrogens with zero attached hydrogens (tertiary/aromatic N) is 2. The summed E-state index contributed by atoms with van der Waals surface area (Å²) in [4.78, 5) is 4.64. The second-order valence-electron chi connectivity index (χ2n) is 4.72. The molecule has 3 rings (SSSR count). The largest absolute Gasteiger partial charge is 0.354 e. The van der Waals surface area contributed by atoms with Crippen LogP contribution in [0.3, 0.4) is 0 Å². The highest BCUT2D eigenvalue weighted by atomic mass is 32.2. The van der Waals surface area contributed by atoms with Crippen LogP contribution in [0.4, 0.5) is 11.4 Å². The quantitative estimate of drug-likeness (QED) is 0.692. The number of thioether (sulfide) groups is 1. The van der Waals surface area contributed by atoms with E-state index >= 15 is 0 Å². The minimum absolute atomic E-state index is 0.606. The monoisotopic (exact) mass is 305 g/mol. The van der Waals surface area contributed by atoms with E-state index in [4.69, 9.17) is 0 Å². The van der Waals surface area contributed by atoms with E-state index in [0.29, 0.717) is 5.56 Å². The van der Waals surface area contributed by atoms with E-state index in [9.17, 15) is 5.26 Å². The highest BCUT2D eigenvalue weighted by Crippen LogP contribution is 2.34. The number of para-hydroxylation sites is 2. The van der Waals surface area contributed by atoms with E-state index in [2.05, 4.69) is 23.3 Å². The van der Waals surface area contributed by atoms with Gasteiger partial charge in [-0.2, -0.15) is 5.26 Å². The summed E-state index contributed by atoms with van der Waals surface area (Å²) in [6.45, 7) is 2.06. The number of nitriles is 1. The second-order valence-corrected chi connectivity index (χ2v) is 5.97. The Morgan fingerprint density at radius 2 is 1.82 bits per heavy atom.